The van der Waals surface area contributed by atoms with Crippen LogP contribution in [-0.2, 0) is 4.74 Å². The summed E-state index contributed by atoms with van der Waals surface area (Å²) in [6.45, 7) is 8.13. The molecule has 0 aromatic heterocycles. The summed E-state index contributed by atoms with van der Waals surface area (Å²) in [5.74, 6) is 0.658. The highest BCUT2D eigenvalue weighted by Crippen LogP contribution is 2.31. The number of nitrogens with zero attached hydrogens (tertiary/aromatic N) is 1. The Labute approximate surface area is 124 Å². The smallest absolute Gasteiger partial charge is 0.0612 e. The minimum Gasteiger partial charge on any atom is -0.378 e. The van der Waals surface area contributed by atoms with Gasteiger partial charge in [-0.15, -0.1) is 0 Å². The SMILES string of the molecule is CC(C)C1CC(N2CCCCC2C2CCCN2)CCO1. The lowest BCUT2D eigenvalue weighted by molar-refractivity contribution is -0.0644. The molecule has 0 amide bonds. The fraction of sp³-hybridized carbons (Fsp3) is 1.00. The van der Waals surface area contributed by atoms with E-state index in [4.69, 9.17) is 4.74 Å². The molecule has 0 aromatic carbocycles. The standard InChI is InChI=1S/C17H32N2O/c1-13(2)17-12-14(8-11-20-17)19-10-4-3-7-16(19)15-6-5-9-18-15/h13-18H,3-12H2,1-2H3. The molecule has 3 heteroatoms. The van der Waals surface area contributed by atoms with Crippen molar-refractivity contribution in [3.8, 4) is 0 Å². The van der Waals surface area contributed by atoms with Gasteiger partial charge in [-0.2, -0.15) is 0 Å². The number of hydrogen-bond donors (Lipinski definition) is 1. The molecule has 3 rings (SSSR count). The Kier molecular flexibility index (Phi) is 5.00. The summed E-state index contributed by atoms with van der Waals surface area (Å²) in [6, 6.07) is 2.32. The van der Waals surface area contributed by atoms with Gasteiger partial charge in [-0.25, -0.2) is 0 Å². The number of rotatable bonds is 3. The zero-order valence-electron chi connectivity index (χ0n) is 13.3. The highest BCUT2D eigenvalue weighted by Gasteiger charge is 2.37. The highest BCUT2D eigenvalue weighted by molar-refractivity contribution is 4.94. The first-order chi connectivity index (χ1) is 9.75. The van der Waals surface area contributed by atoms with E-state index < -0.39 is 0 Å². The molecule has 116 valence electrons. The van der Waals surface area contributed by atoms with Gasteiger partial charge in [0.25, 0.3) is 0 Å². The van der Waals surface area contributed by atoms with Crippen molar-refractivity contribution < 1.29 is 4.74 Å². The molecule has 0 spiro atoms. The third kappa shape index (κ3) is 3.20. The van der Waals surface area contributed by atoms with Gasteiger partial charge in [-0.1, -0.05) is 20.3 Å². The second-order valence-electron chi connectivity index (χ2n) is 7.34. The molecule has 1 N–H and O–H groups in total. The molecule has 3 aliphatic heterocycles. The maximum absolute atomic E-state index is 5.98. The first kappa shape index (κ1) is 14.8. The molecule has 4 atom stereocenters. The minimum atomic E-state index is 0.480. The fourth-order valence-electron chi connectivity index (χ4n) is 4.48. The summed E-state index contributed by atoms with van der Waals surface area (Å²) in [7, 11) is 0. The average Bonchev–Trinajstić information content (AvgIpc) is 3.01. The van der Waals surface area contributed by atoms with Gasteiger partial charge >= 0.3 is 0 Å². The van der Waals surface area contributed by atoms with E-state index in [1.807, 2.05) is 0 Å². The molecule has 0 saturated carbocycles. The van der Waals surface area contributed by atoms with Crippen molar-refractivity contribution in [1.29, 1.82) is 0 Å². The molecule has 0 bridgehead atoms. The van der Waals surface area contributed by atoms with Crippen molar-refractivity contribution in [3.05, 3.63) is 0 Å². The summed E-state index contributed by atoms with van der Waals surface area (Å²) in [6.07, 6.45) is 9.96. The Morgan fingerprint density at radius 2 is 2.00 bits per heavy atom. The number of ether oxygens (including phenoxy) is 1. The minimum absolute atomic E-state index is 0.480. The van der Waals surface area contributed by atoms with Crippen molar-refractivity contribution >= 4 is 0 Å². The van der Waals surface area contributed by atoms with Crippen molar-refractivity contribution in [2.45, 2.75) is 83.0 Å². The first-order valence-electron chi connectivity index (χ1n) is 8.86. The monoisotopic (exact) mass is 280 g/mol. The van der Waals surface area contributed by atoms with Crippen molar-refractivity contribution in [2.75, 3.05) is 19.7 Å². The van der Waals surface area contributed by atoms with Crippen LogP contribution < -0.4 is 5.32 Å². The van der Waals surface area contributed by atoms with Gasteiger partial charge in [0.1, 0.15) is 0 Å². The van der Waals surface area contributed by atoms with Gasteiger partial charge < -0.3 is 10.1 Å². The van der Waals surface area contributed by atoms with Crippen LogP contribution in [0.15, 0.2) is 0 Å². The van der Waals surface area contributed by atoms with E-state index in [9.17, 15) is 0 Å². The number of nitrogens with one attached hydrogen (secondary N) is 1. The average molecular weight is 280 g/mol. The Balaban J connectivity index is 1.65. The van der Waals surface area contributed by atoms with Crippen molar-refractivity contribution in [2.24, 2.45) is 5.92 Å². The summed E-state index contributed by atoms with van der Waals surface area (Å²) in [5, 5.41) is 3.76. The zero-order valence-corrected chi connectivity index (χ0v) is 13.3. The van der Waals surface area contributed by atoms with Gasteiger partial charge in [-0.3, -0.25) is 4.90 Å². The van der Waals surface area contributed by atoms with Gasteiger partial charge in [0, 0.05) is 24.7 Å². The van der Waals surface area contributed by atoms with Crippen LogP contribution in [0.1, 0.15) is 58.8 Å². The summed E-state index contributed by atoms with van der Waals surface area (Å²) in [5.41, 5.74) is 0. The largest absolute Gasteiger partial charge is 0.378 e. The topological polar surface area (TPSA) is 24.5 Å². The van der Waals surface area contributed by atoms with E-state index in [1.54, 1.807) is 0 Å². The van der Waals surface area contributed by atoms with Gasteiger partial charge in [-0.05, 0) is 57.5 Å². The lowest BCUT2D eigenvalue weighted by Crippen LogP contribution is -2.56. The van der Waals surface area contributed by atoms with E-state index in [1.165, 1.54) is 58.0 Å². The van der Waals surface area contributed by atoms with E-state index in [2.05, 4.69) is 24.1 Å². The Bertz CT molecular complexity index is 301. The second-order valence-corrected chi connectivity index (χ2v) is 7.34. The second kappa shape index (κ2) is 6.76. The number of hydrogen-bond acceptors (Lipinski definition) is 3. The number of likely N-dealkylation sites (tertiary alicyclic amines) is 1. The Morgan fingerprint density at radius 1 is 1.10 bits per heavy atom. The molecule has 3 fully saturated rings. The van der Waals surface area contributed by atoms with E-state index in [0.29, 0.717) is 12.0 Å². The van der Waals surface area contributed by atoms with Crippen LogP contribution in [0.2, 0.25) is 0 Å². The maximum atomic E-state index is 5.98. The zero-order chi connectivity index (χ0) is 13.9. The molecule has 0 aliphatic carbocycles. The normalized spacial score (nSPS) is 40.4. The van der Waals surface area contributed by atoms with Crippen LogP contribution in [0.25, 0.3) is 0 Å². The summed E-state index contributed by atoms with van der Waals surface area (Å²) >= 11 is 0. The van der Waals surface area contributed by atoms with Crippen LogP contribution >= 0.6 is 0 Å². The molecule has 3 nitrogen and oxygen atoms in total. The molecule has 20 heavy (non-hydrogen) atoms. The third-order valence-electron chi connectivity index (χ3n) is 5.66. The Morgan fingerprint density at radius 3 is 2.75 bits per heavy atom. The molecular formula is C17H32N2O. The molecule has 0 aromatic rings. The predicted octanol–water partition coefficient (Wildman–Crippen LogP) is 2.80. The van der Waals surface area contributed by atoms with Crippen LogP contribution in [-0.4, -0.2) is 48.8 Å². The summed E-state index contributed by atoms with van der Waals surface area (Å²) in [4.78, 5) is 2.87. The molecule has 3 heterocycles. The van der Waals surface area contributed by atoms with Crippen LogP contribution in [0.5, 0.6) is 0 Å². The molecule has 3 saturated heterocycles. The molecule has 3 aliphatic rings. The van der Waals surface area contributed by atoms with Crippen LogP contribution in [0.3, 0.4) is 0 Å². The maximum Gasteiger partial charge on any atom is 0.0612 e. The highest BCUT2D eigenvalue weighted by atomic mass is 16.5. The number of piperidine rings is 1. The Hall–Kier alpha value is -0.120. The van der Waals surface area contributed by atoms with Gasteiger partial charge in [0.15, 0.2) is 0 Å². The van der Waals surface area contributed by atoms with Gasteiger partial charge in [0.2, 0.25) is 0 Å². The third-order valence-corrected chi connectivity index (χ3v) is 5.66. The predicted molar refractivity (Wildman–Crippen MR) is 83.0 cm³/mol. The van der Waals surface area contributed by atoms with E-state index >= 15 is 0 Å². The lowest BCUT2D eigenvalue weighted by Gasteiger charge is -2.47. The summed E-state index contributed by atoms with van der Waals surface area (Å²) < 4.78 is 5.98. The molecule has 0 radical (unpaired) electrons. The quantitative estimate of drug-likeness (QED) is 0.860. The molecule has 4 unspecified atom stereocenters. The van der Waals surface area contributed by atoms with E-state index in [0.717, 1.165) is 24.7 Å². The van der Waals surface area contributed by atoms with Gasteiger partial charge in [0.05, 0.1) is 6.10 Å². The molecular weight excluding hydrogens is 248 g/mol. The fourth-order valence-corrected chi connectivity index (χ4v) is 4.48. The lowest BCUT2D eigenvalue weighted by atomic mass is 9.88. The van der Waals surface area contributed by atoms with Crippen LogP contribution in [0.4, 0.5) is 0 Å². The van der Waals surface area contributed by atoms with E-state index in [-0.39, 0.29) is 0 Å². The first-order valence-corrected chi connectivity index (χ1v) is 8.86. The van der Waals surface area contributed by atoms with Crippen molar-refractivity contribution in [3.63, 3.8) is 0 Å². The van der Waals surface area contributed by atoms with Crippen LogP contribution in [0, 0.1) is 5.92 Å². The van der Waals surface area contributed by atoms with Crippen molar-refractivity contribution in [1.82, 2.24) is 10.2 Å².